The van der Waals surface area contributed by atoms with Crippen LogP contribution >= 0.6 is 0 Å². The Labute approximate surface area is 120 Å². The summed E-state index contributed by atoms with van der Waals surface area (Å²) in [5.41, 5.74) is 1.23. The number of hydrogen-bond acceptors (Lipinski definition) is 5. The van der Waals surface area contributed by atoms with Crippen molar-refractivity contribution in [1.82, 2.24) is 15.3 Å². The van der Waals surface area contributed by atoms with Crippen molar-refractivity contribution in [2.24, 2.45) is 0 Å². The molecule has 2 rings (SSSR count). The topological polar surface area (TPSA) is 73.6 Å². The molecule has 0 aromatic carbocycles. The van der Waals surface area contributed by atoms with Gasteiger partial charge in [-0.05, 0) is 25.8 Å². The van der Waals surface area contributed by atoms with Gasteiger partial charge in [-0.15, -0.1) is 0 Å². The van der Waals surface area contributed by atoms with Gasteiger partial charge in [-0.3, -0.25) is 0 Å². The van der Waals surface area contributed by atoms with E-state index in [2.05, 4.69) is 26.7 Å². The maximum absolute atomic E-state index is 8.87. The molecule has 1 aliphatic carbocycles. The second kappa shape index (κ2) is 7.81. The Morgan fingerprint density at radius 3 is 2.65 bits per heavy atom. The molecule has 108 valence electrons. The molecule has 5 heteroatoms. The average molecular weight is 273 g/mol. The van der Waals surface area contributed by atoms with E-state index < -0.39 is 0 Å². The van der Waals surface area contributed by atoms with Crippen LogP contribution < -0.4 is 10.6 Å². The number of hydrogen-bond donors (Lipinski definition) is 2. The van der Waals surface area contributed by atoms with Gasteiger partial charge in [-0.25, -0.2) is 9.97 Å². The lowest BCUT2D eigenvalue weighted by Gasteiger charge is -2.16. The van der Waals surface area contributed by atoms with Crippen LogP contribution in [-0.4, -0.2) is 29.1 Å². The Hall–Kier alpha value is -1.67. The molecule has 1 fully saturated rings. The van der Waals surface area contributed by atoms with Gasteiger partial charge in [0.15, 0.2) is 0 Å². The molecule has 1 aliphatic rings. The summed E-state index contributed by atoms with van der Waals surface area (Å²) >= 11 is 0. The van der Waals surface area contributed by atoms with E-state index in [4.69, 9.17) is 5.26 Å². The normalized spacial score (nSPS) is 16.4. The standard InChI is InChI=1S/C15H23N5/c1-12-10-14(11-16)20-15(19-12)18-9-8-17-13-6-4-2-3-5-7-13/h10,13,17H,2-9H2,1H3,(H,18,19,20). The van der Waals surface area contributed by atoms with Crippen molar-refractivity contribution >= 4 is 5.95 Å². The number of aryl methyl sites for hydroxylation is 1. The van der Waals surface area contributed by atoms with Gasteiger partial charge in [0.1, 0.15) is 11.8 Å². The highest BCUT2D eigenvalue weighted by Gasteiger charge is 2.10. The number of anilines is 1. The van der Waals surface area contributed by atoms with Crippen molar-refractivity contribution in [3.05, 3.63) is 17.5 Å². The lowest BCUT2D eigenvalue weighted by atomic mass is 10.1. The van der Waals surface area contributed by atoms with Gasteiger partial charge in [0.05, 0.1) is 0 Å². The Balaban J connectivity index is 1.73. The molecule has 5 nitrogen and oxygen atoms in total. The first-order chi connectivity index (χ1) is 9.78. The fourth-order valence-electron chi connectivity index (χ4n) is 2.64. The van der Waals surface area contributed by atoms with Crippen LogP contribution in [0, 0.1) is 18.3 Å². The van der Waals surface area contributed by atoms with Crippen LogP contribution in [0.2, 0.25) is 0 Å². The quantitative estimate of drug-likeness (QED) is 0.636. The van der Waals surface area contributed by atoms with E-state index in [1.807, 2.05) is 6.92 Å². The minimum absolute atomic E-state index is 0.414. The van der Waals surface area contributed by atoms with Gasteiger partial charge in [-0.1, -0.05) is 25.7 Å². The van der Waals surface area contributed by atoms with Crippen molar-refractivity contribution in [3.63, 3.8) is 0 Å². The van der Waals surface area contributed by atoms with E-state index in [0.717, 1.165) is 18.8 Å². The molecule has 0 aliphatic heterocycles. The van der Waals surface area contributed by atoms with Gasteiger partial charge >= 0.3 is 0 Å². The summed E-state index contributed by atoms with van der Waals surface area (Å²) in [6.45, 7) is 3.56. The highest BCUT2D eigenvalue weighted by molar-refractivity contribution is 5.32. The number of nitriles is 1. The highest BCUT2D eigenvalue weighted by atomic mass is 15.1. The summed E-state index contributed by atoms with van der Waals surface area (Å²) in [6, 6.07) is 4.40. The first-order valence-corrected chi connectivity index (χ1v) is 7.51. The zero-order valence-corrected chi connectivity index (χ0v) is 12.2. The molecule has 0 saturated heterocycles. The molecule has 0 radical (unpaired) electrons. The lowest BCUT2D eigenvalue weighted by Crippen LogP contribution is -2.32. The van der Waals surface area contributed by atoms with Crippen LogP contribution in [0.25, 0.3) is 0 Å². The summed E-state index contributed by atoms with van der Waals surface area (Å²) in [4.78, 5) is 8.42. The second-order valence-electron chi connectivity index (χ2n) is 5.40. The molecule has 0 atom stereocenters. The summed E-state index contributed by atoms with van der Waals surface area (Å²) < 4.78 is 0. The van der Waals surface area contributed by atoms with Crippen LogP contribution in [0.3, 0.4) is 0 Å². The van der Waals surface area contributed by atoms with Crippen LogP contribution in [0.5, 0.6) is 0 Å². The summed E-state index contributed by atoms with van der Waals surface area (Å²) in [5.74, 6) is 0.546. The highest BCUT2D eigenvalue weighted by Crippen LogP contribution is 2.16. The van der Waals surface area contributed by atoms with Crippen molar-refractivity contribution in [3.8, 4) is 6.07 Å². The number of nitrogens with one attached hydrogen (secondary N) is 2. The lowest BCUT2D eigenvalue weighted by molar-refractivity contribution is 0.468. The van der Waals surface area contributed by atoms with Crippen LogP contribution in [0.4, 0.5) is 5.95 Å². The minimum atomic E-state index is 0.414. The third-order valence-corrected chi connectivity index (χ3v) is 3.67. The summed E-state index contributed by atoms with van der Waals surface area (Å²) in [5, 5.41) is 15.6. The summed E-state index contributed by atoms with van der Waals surface area (Å²) in [7, 11) is 0. The van der Waals surface area contributed by atoms with Crippen molar-refractivity contribution < 1.29 is 0 Å². The van der Waals surface area contributed by atoms with Crippen molar-refractivity contribution in [2.75, 3.05) is 18.4 Å². The first-order valence-electron chi connectivity index (χ1n) is 7.51. The van der Waals surface area contributed by atoms with Crippen molar-refractivity contribution in [1.29, 1.82) is 5.26 Å². The van der Waals surface area contributed by atoms with Crippen molar-refractivity contribution in [2.45, 2.75) is 51.5 Å². The molecule has 20 heavy (non-hydrogen) atoms. The molecule has 0 spiro atoms. The molecular weight excluding hydrogens is 250 g/mol. The zero-order chi connectivity index (χ0) is 14.2. The molecule has 1 aromatic rings. The Kier molecular flexibility index (Phi) is 5.75. The smallest absolute Gasteiger partial charge is 0.224 e. The third-order valence-electron chi connectivity index (χ3n) is 3.67. The Morgan fingerprint density at radius 1 is 1.20 bits per heavy atom. The fourth-order valence-corrected chi connectivity index (χ4v) is 2.64. The monoisotopic (exact) mass is 273 g/mol. The van der Waals surface area contributed by atoms with Crippen LogP contribution in [0.1, 0.15) is 49.9 Å². The SMILES string of the molecule is Cc1cc(C#N)nc(NCCNC2CCCCCC2)n1. The molecule has 0 bridgehead atoms. The molecule has 1 saturated carbocycles. The zero-order valence-electron chi connectivity index (χ0n) is 12.2. The molecule has 2 N–H and O–H groups in total. The van der Waals surface area contributed by atoms with Gasteiger partial charge in [0.2, 0.25) is 5.95 Å². The van der Waals surface area contributed by atoms with Gasteiger partial charge in [0.25, 0.3) is 0 Å². The predicted molar refractivity (Wildman–Crippen MR) is 79.5 cm³/mol. The first kappa shape index (κ1) is 14.7. The van der Waals surface area contributed by atoms with Crippen LogP contribution in [-0.2, 0) is 0 Å². The fraction of sp³-hybridized carbons (Fsp3) is 0.667. The molecule has 1 heterocycles. The van der Waals surface area contributed by atoms with E-state index in [0.29, 0.717) is 17.7 Å². The van der Waals surface area contributed by atoms with E-state index >= 15 is 0 Å². The van der Waals surface area contributed by atoms with E-state index in [1.165, 1.54) is 38.5 Å². The maximum Gasteiger partial charge on any atom is 0.224 e. The van der Waals surface area contributed by atoms with Gasteiger partial charge in [-0.2, -0.15) is 5.26 Å². The number of aromatic nitrogens is 2. The third kappa shape index (κ3) is 4.78. The Morgan fingerprint density at radius 2 is 1.95 bits per heavy atom. The van der Waals surface area contributed by atoms with Gasteiger partial charge < -0.3 is 10.6 Å². The van der Waals surface area contributed by atoms with E-state index in [-0.39, 0.29) is 0 Å². The molecule has 0 amide bonds. The van der Waals surface area contributed by atoms with Gasteiger partial charge in [0, 0.05) is 24.8 Å². The molecule has 1 aromatic heterocycles. The minimum Gasteiger partial charge on any atom is -0.353 e. The maximum atomic E-state index is 8.87. The molecule has 0 unspecified atom stereocenters. The predicted octanol–water partition coefficient (Wildman–Crippen LogP) is 2.38. The summed E-state index contributed by atoms with van der Waals surface area (Å²) in [6.07, 6.45) is 8.03. The Bertz CT molecular complexity index is 458. The second-order valence-corrected chi connectivity index (χ2v) is 5.40. The van der Waals surface area contributed by atoms with E-state index in [9.17, 15) is 0 Å². The average Bonchev–Trinajstić information content (AvgIpc) is 2.71. The molecular formula is C15H23N5. The van der Waals surface area contributed by atoms with Crippen LogP contribution in [0.15, 0.2) is 6.07 Å². The number of rotatable bonds is 5. The van der Waals surface area contributed by atoms with E-state index in [1.54, 1.807) is 6.07 Å². The number of nitrogens with zero attached hydrogens (tertiary/aromatic N) is 3. The largest absolute Gasteiger partial charge is 0.353 e.